The van der Waals surface area contributed by atoms with Gasteiger partial charge in [-0.15, -0.1) is 0 Å². The van der Waals surface area contributed by atoms with Gasteiger partial charge in [0.05, 0.1) is 22.4 Å². The van der Waals surface area contributed by atoms with Crippen LogP contribution in [0.1, 0.15) is 0 Å². The van der Waals surface area contributed by atoms with E-state index in [1.165, 1.54) is 60.4 Å². The standard InChI is InChI=1S/C52H36N2/c1-4-15-37(16-5-1)40-29-32-45(33-30-40)53(44-21-8-3-9-22-44)49-25-14-26-50-52(49)47-23-12-13-24-48(47)54(50)51-36-42(38-17-6-2-7-18-38)31-34-46(51)43-28-27-39-19-10-11-20-41(39)35-43/h1-36H. The van der Waals surface area contributed by atoms with E-state index in [0.29, 0.717) is 0 Å². The number of nitrogens with zero attached hydrogens (tertiary/aromatic N) is 2. The Morgan fingerprint density at radius 1 is 0.333 bits per heavy atom. The fourth-order valence-electron chi connectivity index (χ4n) is 8.01. The molecule has 2 heteroatoms. The number of aromatic nitrogens is 1. The zero-order valence-electron chi connectivity index (χ0n) is 29.7. The van der Waals surface area contributed by atoms with Crippen molar-refractivity contribution in [1.82, 2.24) is 4.57 Å². The molecule has 0 aliphatic heterocycles. The molecule has 54 heavy (non-hydrogen) atoms. The van der Waals surface area contributed by atoms with Crippen molar-refractivity contribution in [2.24, 2.45) is 0 Å². The summed E-state index contributed by atoms with van der Waals surface area (Å²) in [6.45, 7) is 0. The quantitative estimate of drug-likeness (QED) is 0.162. The minimum atomic E-state index is 1.10. The molecule has 10 aromatic rings. The van der Waals surface area contributed by atoms with Gasteiger partial charge in [-0.05, 0) is 93.2 Å². The van der Waals surface area contributed by atoms with Gasteiger partial charge in [0.2, 0.25) is 0 Å². The van der Waals surface area contributed by atoms with E-state index < -0.39 is 0 Å². The monoisotopic (exact) mass is 688 g/mol. The Kier molecular flexibility index (Phi) is 7.85. The molecule has 0 radical (unpaired) electrons. The Morgan fingerprint density at radius 2 is 0.889 bits per heavy atom. The van der Waals surface area contributed by atoms with Crippen molar-refractivity contribution in [3.8, 4) is 39.1 Å². The molecule has 0 aliphatic rings. The molecule has 0 spiro atoms. The Labute approximate surface area is 315 Å². The second-order valence-electron chi connectivity index (χ2n) is 13.8. The van der Waals surface area contributed by atoms with E-state index in [4.69, 9.17) is 0 Å². The number of anilines is 3. The molecule has 254 valence electrons. The number of para-hydroxylation sites is 2. The molecule has 10 rings (SSSR count). The van der Waals surface area contributed by atoms with Crippen molar-refractivity contribution in [2.45, 2.75) is 0 Å². The molecule has 9 aromatic carbocycles. The molecular weight excluding hydrogens is 653 g/mol. The summed E-state index contributed by atoms with van der Waals surface area (Å²) in [6.07, 6.45) is 0. The van der Waals surface area contributed by atoms with Crippen molar-refractivity contribution in [3.05, 3.63) is 218 Å². The van der Waals surface area contributed by atoms with Crippen molar-refractivity contribution in [2.75, 3.05) is 4.90 Å². The molecule has 0 bridgehead atoms. The van der Waals surface area contributed by atoms with Gasteiger partial charge in [-0.1, -0.05) is 164 Å². The summed E-state index contributed by atoms with van der Waals surface area (Å²) in [4.78, 5) is 2.40. The molecule has 0 amide bonds. The highest BCUT2D eigenvalue weighted by Crippen LogP contribution is 2.45. The number of fused-ring (bicyclic) bond motifs is 4. The van der Waals surface area contributed by atoms with Crippen molar-refractivity contribution in [3.63, 3.8) is 0 Å². The molecule has 0 saturated carbocycles. The summed E-state index contributed by atoms with van der Waals surface area (Å²) in [6, 6.07) is 78.9. The average molecular weight is 689 g/mol. The molecule has 0 unspecified atom stereocenters. The van der Waals surface area contributed by atoms with E-state index in [1.54, 1.807) is 0 Å². The van der Waals surface area contributed by atoms with Gasteiger partial charge in [-0.3, -0.25) is 0 Å². The number of benzene rings is 9. The minimum absolute atomic E-state index is 1.10. The van der Waals surface area contributed by atoms with E-state index in [-0.39, 0.29) is 0 Å². The lowest BCUT2D eigenvalue weighted by Crippen LogP contribution is -2.10. The van der Waals surface area contributed by atoms with Crippen LogP contribution in [0.3, 0.4) is 0 Å². The maximum atomic E-state index is 2.48. The largest absolute Gasteiger partial charge is 0.310 e. The van der Waals surface area contributed by atoms with Gasteiger partial charge >= 0.3 is 0 Å². The van der Waals surface area contributed by atoms with Gasteiger partial charge in [-0.2, -0.15) is 0 Å². The SMILES string of the molecule is c1ccc(-c2ccc(N(c3ccccc3)c3cccc4c3c3ccccc3n4-c3cc(-c4ccccc4)ccc3-c3ccc4ccccc4c3)cc2)cc1. The van der Waals surface area contributed by atoms with E-state index >= 15 is 0 Å². The van der Waals surface area contributed by atoms with Crippen LogP contribution in [0.5, 0.6) is 0 Å². The van der Waals surface area contributed by atoms with Crippen LogP contribution in [-0.2, 0) is 0 Å². The highest BCUT2D eigenvalue weighted by molar-refractivity contribution is 6.17. The third-order valence-corrected chi connectivity index (χ3v) is 10.6. The first-order chi connectivity index (χ1) is 26.8. The van der Waals surface area contributed by atoms with Crippen LogP contribution in [0.4, 0.5) is 17.1 Å². The van der Waals surface area contributed by atoms with Gasteiger partial charge in [0.15, 0.2) is 0 Å². The second-order valence-corrected chi connectivity index (χ2v) is 13.8. The molecule has 0 N–H and O–H groups in total. The lowest BCUT2D eigenvalue weighted by molar-refractivity contribution is 1.18. The first kappa shape index (κ1) is 31.6. The zero-order valence-corrected chi connectivity index (χ0v) is 29.7. The Morgan fingerprint density at radius 3 is 1.65 bits per heavy atom. The van der Waals surface area contributed by atoms with Crippen LogP contribution in [-0.4, -0.2) is 4.57 Å². The van der Waals surface area contributed by atoms with Crippen molar-refractivity contribution >= 4 is 49.6 Å². The summed E-state index contributed by atoms with van der Waals surface area (Å²) >= 11 is 0. The summed E-state index contributed by atoms with van der Waals surface area (Å²) in [7, 11) is 0. The number of hydrogen-bond acceptors (Lipinski definition) is 1. The van der Waals surface area contributed by atoms with Gasteiger partial charge in [-0.25, -0.2) is 0 Å². The smallest absolute Gasteiger partial charge is 0.0562 e. The Hall–Kier alpha value is -7.16. The fourth-order valence-corrected chi connectivity index (χ4v) is 8.01. The van der Waals surface area contributed by atoms with Crippen molar-refractivity contribution in [1.29, 1.82) is 0 Å². The van der Waals surface area contributed by atoms with E-state index in [2.05, 4.69) is 228 Å². The highest BCUT2D eigenvalue weighted by atomic mass is 15.1. The molecule has 2 nitrogen and oxygen atoms in total. The summed E-state index contributed by atoms with van der Waals surface area (Å²) in [5.74, 6) is 0. The fraction of sp³-hybridized carbons (Fsp3) is 0. The van der Waals surface area contributed by atoms with Crippen LogP contribution in [0, 0.1) is 0 Å². The zero-order chi connectivity index (χ0) is 35.8. The average Bonchev–Trinajstić information content (AvgIpc) is 3.59. The molecule has 0 saturated heterocycles. The van der Waals surface area contributed by atoms with Crippen molar-refractivity contribution < 1.29 is 0 Å². The number of rotatable bonds is 7. The van der Waals surface area contributed by atoms with Gasteiger partial charge in [0.25, 0.3) is 0 Å². The van der Waals surface area contributed by atoms with Crippen LogP contribution in [0.2, 0.25) is 0 Å². The summed E-state index contributed by atoms with van der Waals surface area (Å²) < 4.78 is 2.48. The highest BCUT2D eigenvalue weighted by Gasteiger charge is 2.22. The number of hydrogen-bond donors (Lipinski definition) is 0. The maximum absolute atomic E-state index is 2.48. The first-order valence-electron chi connectivity index (χ1n) is 18.5. The lowest BCUT2D eigenvalue weighted by atomic mass is 9.96. The van der Waals surface area contributed by atoms with Gasteiger partial charge in [0, 0.05) is 27.7 Å². The van der Waals surface area contributed by atoms with Crippen LogP contribution >= 0.6 is 0 Å². The lowest BCUT2D eigenvalue weighted by Gasteiger charge is -2.26. The molecule has 0 atom stereocenters. The van der Waals surface area contributed by atoms with Crippen LogP contribution < -0.4 is 4.90 Å². The van der Waals surface area contributed by atoms with E-state index in [0.717, 1.165) is 28.3 Å². The third kappa shape index (κ3) is 5.53. The first-order valence-corrected chi connectivity index (χ1v) is 18.5. The molecule has 0 aliphatic carbocycles. The Balaban J connectivity index is 1.23. The molecule has 1 heterocycles. The van der Waals surface area contributed by atoms with Gasteiger partial charge < -0.3 is 9.47 Å². The Bertz CT molecular complexity index is 2910. The predicted octanol–water partition coefficient (Wildman–Crippen LogP) is 14.4. The predicted molar refractivity (Wildman–Crippen MR) is 229 cm³/mol. The maximum Gasteiger partial charge on any atom is 0.0562 e. The summed E-state index contributed by atoms with van der Waals surface area (Å²) in [5, 5.41) is 4.88. The van der Waals surface area contributed by atoms with Crippen LogP contribution in [0.15, 0.2) is 218 Å². The molecular formula is C52H36N2. The van der Waals surface area contributed by atoms with Crippen LogP contribution in [0.25, 0.3) is 71.6 Å². The van der Waals surface area contributed by atoms with E-state index in [1.807, 2.05) is 0 Å². The molecule has 1 aromatic heterocycles. The van der Waals surface area contributed by atoms with Gasteiger partial charge in [0.1, 0.15) is 0 Å². The molecule has 0 fully saturated rings. The topological polar surface area (TPSA) is 8.17 Å². The van der Waals surface area contributed by atoms with E-state index in [9.17, 15) is 0 Å². The minimum Gasteiger partial charge on any atom is -0.310 e. The summed E-state index contributed by atoms with van der Waals surface area (Å²) in [5.41, 5.74) is 14.0. The second kappa shape index (κ2) is 13.4. The third-order valence-electron chi connectivity index (χ3n) is 10.6. The normalized spacial score (nSPS) is 11.3.